The molecule has 0 saturated carbocycles. The van der Waals surface area contributed by atoms with E-state index >= 15 is 0 Å². The molecule has 0 aliphatic heterocycles. The highest BCUT2D eigenvalue weighted by atomic mass is 32.1. The van der Waals surface area contributed by atoms with E-state index in [1.54, 1.807) is 18.2 Å². The van der Waals surface area contributed by atoms with Gasteiger partial charge in [0, 0.05) is 17.7 Å². The monoisotopic (exact) mass is 404 g/mol. The van der Waals surface area contributed by atoms with Crippen LogP contribution in [0.4, 0.5) is 10.7 Å². The number of carboxylic acid groups (broad SMARTS) is 1. The number of hydrogen-bond donors (Lipinski definition) is 3. The fourth-order valence-corrected chi connectivity index (χ4v) is 4.01. The third kappa shape index (κ3) is 5.32. The normalized spacial score (nSPS) is 10.4. The number of carbonyl (C=O) groups excluding carboxylic acids is 2. The maximum Gasteiger partial charge on any atom is 0.303 e. The van der Waals surface area contributed by atoms with Gasteiger partial charge in [0.25, 0.3) is 5.91 Å². The molecule has 0 saturated heterocycles. The molecule has 2 amide bonds. The van der Waals surface area contributed by atoms with Crippen LogP contribution < -0.4 is 15.4 Å². The molecule has 1 aromatic heterocycles. The van der Waals surface area contributed by atoms with Gasteiger partial charge < -0.3 is 20.5 Å². The maximum absolute atomic E-state index is 13.0. The smallest absolute Gasteiger partial charge is 0.303 e. The average molecular weight is 404 g/mol. The number of aryl methyl sites for hydroxylation is 1. The number of anilines is 2. The predicted octanol–water partition coefficient (Wildman–Crippen LogP) is 4.07. The number of methoxy groups -OCH3 is 1. The highest BCUT2D eigenvalue weighted by Crippen LogP contribution is 2.35. The first-order valence-electron chi connectivity index (χ1n) is 8.95. The van der Waals surface area contributed by atoms with Crippen molar-refractivity contribution >= 4 is 39.8 Å². The van der Waals surface area contributed by atoms with E-state index in [1.165, 1.54) is 18.4 Å². The van der Waals surface area contributed by atoms with Crippen molar-refractivity contribution in [2.75, 3.05) is 17.7 Å². The van der Waals surface area contributed by atoms with Gasteiger partial charge in [-0.2, -0.15) is 0 Å². The van der Waals surface area contributed by atoms with Crippen molar-refractivity contribution in [2.45, 2.75) is 39.5 Å². The van der Waals surface area contributed by atoms with Crippen LogP contribution in [0.1, 0.15) is 47.0 Å². The van der Waals surface area contributed by atoms with Gasteiger partial charge in [0.05, 0.1) is 18.4 Å². The topological polar surface area (TPSA) is 105 Å². The van der Waals surface area contributed by atoms with E-state index in [0.29, 0.717) is 28.4 Å². The van der Waals surface area contributed by atoms with Crippen LogP contribution in [0.5, 0.6) is 5.75 Å². The van der Waals surface area contributed by atoms with Crippen LogP contribution in [-0.4, -0.2) is 30.0 Å². The molecule has 0 aliphatic rings. The summed E-state index contributed by atoms with van der Waals surface area (Å²) in [4.78, 5) is 36.7. The molecule has 1 heterocycles. The molecule has 7 nitrogen and oxygen atoms in total. The van der Waals surface area contributed by atoms with Crippen molar-refractivity contribution in [2.24, 2.45) is 0 Å². The number of rotatable bonds is 9. The first kappa shape index (κ1) is 21.4. The fourth-order valence-electron chi connectivity index (χ4n) is 2.85. The number of benzene rings is 1. The Labute approximate surface area is 167 Å². The van der Waals surface area contributed by atoms with Crippen LogP contribution in [0.25, 0.3) is 0 Å². The van der Waals surface area contributed by atoms with Gasteiger partial charge in [0.15, 0.2) is 0 Å². The Balaban J connectivity index is 2.23. The van der Waals surface area contributed by atoms with Crippen molar-refractivity contribution < 1.29 is 24.2 Å². The molecule has 0 atom stereocenters. The summed E-state index contributed by atoms with van der Waals surface area (Å²) in [7, 11) is 1.53. The van der Waals surface area contributed by atoms with E-state index in [-0.39, 0.29) is 31.1 Å². The number of hydrogen-bond acceptors (Lipinski definition) is 5. The van der Waals surface area contributed by atoms with Crippen LogP contribution in [0.3, 0.4) is 0 Å². The minimum atomic E-state index is -0.940. The highest BCUT2D eigenvalue weighted by molar-refractivity contribution is 7.16. The first-order valence-corrected chi connectivity index (χ1v) is 9.77. The summed E-state index contributed by atoms with van der Waals surface area (Å²) in [6.45, 7) is 3.86. The maximum atomic E-state index is 13.0. The number of carboxylic acids is 1. The SMILES string of the molecule is CCc1c(C)sc(NC(=O)CCCC(=O)O)c1C(=O)Nc1ccccc1OC. The lowest BCUT2D eigenvalue weighted by molar-refractivity contribution is -0.137. The van der Waals surface area contributed by atoms with E-state index in [1.807, 2.05) is 19.9 Å². The molecule has 0 spiro atoms. The number of para-hydroxylation sites is 2. The van der Waals surface area contributed by atoms with Crippen molar-refractivity contribution in [3.8, 4) is 5.75 Å². The van der Waals surface area contributed by atoms with Gasteiger partial charge in [-0.3, -0.25) is 14.4 Å². The molecule has 0 radical (unpaired) electrons. The second-order valence-electron chi connectivity index (χ2n) is 6.14. The third-order valence-electron chi connectivity index (χ3n) is 4.19. The van der Waals surface area contributed by atoms with E-state index in [0.717, 1.165) is 10.4 Å². The molecule has 150 valence electrons. The fraction of sp³-hybridized carbons (Fsp3) is 0.350. The zero-order chi connectivity index (χ0) is 20.7. The summed E-state index contributed by atoms with van der Waals surface area (Å²) in [6, 6.07) is 7.10. The van der Waals surface area contributed by atoms with Gasteiger partial charge in [-0.05, 0) is 37.5 Å². The second-order valence-corrected chi connectivity index (χ2v) is 7.37. The van der Waals surface area contributed by atoms with Gasteiger partial charge in [0.1, 0.15) is 10.8 Å². The summed E-state index contributed by atoms with van der Waals surface area (Å²) in [5, 5.41) is 14.8. The lowest BCUT2D eigenvalue weighted by atomic mass is 10.1. The Bertz CT molecular complexity index is 875. The molecule has 8 heteroatoms. The van der Waals surface area contributed by atoms with Crippen molar-refractivity contribution in [1.29, 1.82) is 0 Å². The zero-order valence-corrected chi connectivity index (χ0v) is 16.9. The Morgan fingerprint density at radius 1 is 1.14 bits per heavy atom. The van der Waals surface area contributed by atoms with E-state index in [4.69, 9.17) is 9.84 Å². The molecule has 0 unspecified atom stereocenters. The number of thiophene rings is 1. The molecule has 0 bridgehead atoms. The number of aliphatic carboxylic acids is 1. The summed E-state index contributed by atoms with van der Waals surface area (Å²) in [5.74, 6) is -1.03. The van der Waals surface area contributed by atoms with E-state index < -0.39 is 5.97 Å². The largest absolute Gasteiger partial charge is 0.495 e. The summed E-state index contributed by atoms with van der Waals surface area (Å²) in [5.41, 5.74) is 1.85. The lowest BCUT2D eigenvalue weighted by Crippen LogP contribution is -2.18. The van der Waals surface area contributed by atoms with Crippen molar-refractivity contribution in [3.63, 3.8) is 0 Å². The van der Waals surface area contributed by atoms with Gasteiger partial charge in [-0.1, -0.05) is 19.1 Å². The molecular weight excluding hydrogens is 380 g/mol. The molecule has 3 N–H and O–H groups in total. The summed E-state index contributed by atoms with van der Waals surface area (Å²) in [6.07, 6.45) is 0.900. The van der Waals surface area contributed by atoms with Crippen LogP contribution in [0.2, 0.25) is 0 Å². The highest BCUT2D eigenvalue weighted by Gasteiger charge is 2.23. The minimum absolute atomic E-state index is 0.0712. The lowest BCUT2D eigenvalue weighted by Gasteiger charge is -2.12. The van der Waals surface area contributed by atoms with Crippen LogP contribution >= 0.6 is 11.3 Å². The predicted molar refractivity (Wildman–Crippen MR) is 109 cm³/mol. The van der Waals surface area contributed by atoms with Gasteiger partial charge in [-0.15, -0.1) is 11.3 Å². The molecule has 0 aliphatic carbocycles. The first-order chi connectivity index (χ1) is 13.4. The Morgan fingerprint density at radius 2 is 1.86 bits per heavy atom. The average Bonchev–Trinajstić information content (AvgIpc) is 2.96. The van der Waals surface area contributed by atoms with Crippen molar-refractivity contribution in [3.05, 3.63) is 40.3 Å². The quantitative estimate of drug-likeness (QED) is 0.584. The van der Waals surface area contributed by atoms with Crippen molar-refractivity contribution in [1.82, 2.24) is 0 Å². The van der Waals surface area contributed by atoms with Crippen LogP contribution in [0, 0.1) is 6.92 Å². The van der Waals surface area contributed by atoms with Gasteiger partial charge in [0.2, 0.25) is 5.91 Å². The Hall–Kier alpha value is -2.87. The molecule has 1 aromatic carbocycles. The molecular formula is C20H24N2O5S. The van der Waals surface area contributed by atoms with Crippen LogP contribution in [-0.2, 0) is 16.0 Å². The zero-order valence-electron chi connectivity index (χ0n) is 16.1. The molecule has 2 rings (SSSR count). The molecule has 2 aromatic rings. The molecule has 0 fully saturated rings. The Morgan fingerprint density at radius 3 is 2.50 bits per heavy atom. The summed E-state index contributed by atoms with van der Waals surface area (Å²) < 4.78 is 5.27. The number of nitrogens with one attached hydrogen (secondary N) is 2. The minimum Gasteiger partial charge on any atom is -0.495 e. The number of ether oxygens (including phenoxy) is 1. The number of amides is 2. The Kier molecular flexibility index (Phi) is 7.57. The summed E-state index contributed by atoms with van der Waals surface area (Å²) >= 11 is 1.34. The van der Waals surface area contributed by atoms with E-state index in [9.17, 15) is 14.4 Å². The molecule has 28 heavy (non-hydrogen) atoms. The van der Waals surface area contributed by atoms with E-state index in [2.05, 4.69) is 10.6 Å². The van der Waals surface area contributed by atoms with Gasteiger partial charge >= 0.3 is 5.97 Å². The van der Waals surface area contributed by atoms with Gasteiger partial charge in [-0.25, -0.2) is 0 Å². The number of carbonyl (C=O) groups is 3. The third-order valence-corrected chi connectivity index (χ3v) is 5.26. The standard InChI is InChI=1S/C20H24N2O5S/c1-4-13-12(2)28-20(22-16(23)10-7-11-17(24)25)18(13)19(26)21-14-8-5-6-9-15(14)27-3/h5-6,8-9H,4,7,10-11H2,1-3H3,(H,21,26)(H,22,23)(H,24,25). The second kappa shape index (κ2) is 9.89. The van der Waals surface area contributed by atoms with Crippen LogP contribution in [0.15, 0.2) is 24.3 Å².